The van der Waals surface area contributed by atoms with Crippen LogP contribution in [0.4, 0.5) is 45.5 Å². The maximum atomic E-state index is 11.3. The van der Waals surface area contributed by atoms with E-state index in [1.54, 1.807) is 56.4 Å². The molecular weight excluding hydrogens is 1850 g/mol. The van der Waals surface area contributed by atoms with Gasteiger partial charge in [0.1, 0.15) is 23.1 Å². The van der Waals surface area contributed by atoms with Crippen LogP contribution in [0.5, 0.6) is 0 Å². The molecule has 3 fully saturated rings. The Morgan fingerprint density at radius 1 is 0.531 bits per heavy atom. The number of benzene rings is 3. The average Bonchev–Trinajstić information content (AvgIpc) is 1.15. The summed E-state index contributed by atoms with van der Waals surface area (Å²) in [6, 6.07) is 17.6. The fourth-order valence-corrected chi connectivity index (χ4v) is 71.9. The minimum Gasteiger partial charge on any atom is -0.396 e. The van der Waals surface area contributed by atoms with E-state index in [9.17, 15) is 20.2 Å². The Labute approximate surface area is 794 Å². The number of hydrogen-bond donors (Lipinski definition) is 5. The van der Waals surface area contributed by atoms with E-state index >= 15 is 0 Å². The average molecular weight is 1940 g/mol. The molecule has 646 valence electrons. The van der Waals surface area contributed by atoms with Gasteiger partial charge in [-0.1, -0.05) is 56.5 Å². The summed E-state index contributed by atoms with van der Waals surface area (Å²) in [6.07, 6.45) is 17.0. The third-order valence-corrected chi connectivity index (χ3v) is 60.4. The van der Waals surface area contributed by atoms with Gasteiger partial charge in [0.15, 0.2) is 17.1 Å². The molecule has 6 unspecified atom stereocenters. The Hall–Kier alpha value is -11.5. The van der Waals surface area contributed by atoms with E-state index in [4.69, 9.17) is 55.6 Å². The summed E-state index contributed by atoms with van der Waals surface area (Å²) in [6.45, 7) is 43.6. The van der Waals surface area contributed by atoms with Crippen LogP contribution in [-0.4, -0.2) is 142 Å². The summed E-state index contributed by atoms with van der Waals surface area (Å²) in [5.41, 5.74) is 16.8. The number of likely N-dealkylation sites (tertiary alicyclic amines) is 3. The minimum atomic E-state index is -0.598. The summed E-state index contributed by atoms with van der Waals surface area (Å²) >= 11 is 5.88. The fraction of sp³-hybridized carbons (Fsp3) is 0.263. The molecule has 0 saturated carbocycles. The molecule has 3 aliphatic heterocycles. The van der Waals surface area contributed by atoms with E-state index in [1.807, 2.05) is 19.2 Å². The Morgan fingerprint density at radius 3 is 1.08 bits per heavy atom. The molecule has 128 heavy (non-hydrogen) atoms. The third kappa shape index (κ3) is 50.1. The molecule has 0 bridgehead atoms. The topological polar surface area (TPSA) is 262 Å². The van der Waals surface area contributed by atoms with Gasteiger partial charge in [-0.3, -0.25) is 30.1 Å². The van der Waals surface area contributed by atoms with E-state index in [-0.39, 0.29) is 72.0 Å². The van der Waals surface area contributed by atoms with Crippen LogP contribution in [0, 0.1) is 278 Å². The van der Waals surface area contributed by atoms with Crippen molar-refractivity contribution in [3.8, 4) is 238 Å². The molecule has 9 N–H and O–H groups in total. The molecule has 9 atom stereocenters. The van der Waals surface area contributed by atoms with Gasteiger partial charge in [0, 0.05) is 154 Å². The number of nitro groups is 2. The van der Waals surface area contributed by atoms with Crippen LogP contribution in [-0.2, 0) is 17.1 Å². The first-order valence-corrected chi connectivity index (χ1v) is 52.9. The molecule has 6 aromatic rings. The molecule has 0 aliphatic carbocycles. The second kappa shape index (κ2) is 72.5. The number of terminal acetylenes is 2. The third-order valence-electron chi connectivity index (χ3n) is 15.8. The number of nitrogens with one attached hydrogen (secondary N) is 2. The summed E-state index contributed by atoms with van der Waals surface area (Å²) in [5, 5.41) is 30.7. The number of nitrogens with zero attached hydrogens (tertiary/aromatic N) is 12. The van der Waals surface area contributed by atoms with Gasteiger partial charge < -0.3 is 43.0 Å². The number of likely N-dealkylation sites (N-methyl/N-ethyl adjacent to an activating group) is 3. The van der Waals surface area contributed by atoms with Crippen molar-refractivity contribution >= 4 is 176 Å². The summed E-state index contributed by atoms with van der Waals surface area (Å²) < 4.78 is 0. The van der Waals surface area contributed by atoms with Crippen molar-refractivity contribution in [1.29, 1.82) is 0 Å². The van der Waals surface area contributed by atoms with Gasteiger partial charge in [-0.25, -0.2) is 24.5 Å². The normalized spacial score (nSPS) is 12.3. The SMILES string of the molecule is C#CC#CC#CC#CC#CC.C#CC#CC#CC#CC#CC#CC#CC#CC#CC#CC#CC#CC#CC#CC#CC.CCN(C(C)C)C(C)C.CN1CC[C@@H](N)C1.Cl.N.PPP(P(P)P)P(P)P.[C-]#[N+]c1ccc2ncc(N)c(N[C@@H]3CCN(C)C3)c2c1.[C-]#[N+]c1ccc2ncc([N+](=O)[O-])c(Cl)c2c1.[C-]#[N+]c1ccc2ncc([N+](=O)[O-])c(N[C@@H]3CCN(C)C3)c2c1.[Fe]. The van der Waals surface area contributed by atoms with Crippen LogP contribution in [0.2, 0.25) is 5.02 Å². The van der Waals surface area contributed by atoms with Gasteiger partial charge >= 0.3 is 11.4 Å². The second-order valence-corrected chi connectivity index (χ2v) is 56.4. The van der Waals surface area contributed by atoms with Crippen molar-refractivity contribution in [3.63, 3.8) is 0 Å². The van der Waals surface area contributed by atoms with E-state index in [0.717, 1.165) is 82.9 Å². The Bertz CT molecular complexity index is 6340. The molecule has 0 radical (unpaired) electrons. The first kappa shape index (κ1) is 119. The number of aromatic nitrogens is 3. The van der Waals surface area contributed by atoms with E-state index in [2.05, 4.69) is 378 Å². The standard InChI is InChI=1S/C31H4.C15H15N5O2.C15H17N5.C11H4.C10H4ClN3O2.C8H19N.C5H12N2.ClH.Fe.H3N.H11P9/c1-3-5-7-9-11-13-15-17-19-21-23-25-27-29-31-30-28-26-24-22-20-18-16-14-12-10-8-6-4-2;1-16-10-3-4-13-12(7-10)15(14(8-17-13)20(21)22)18-11-5-6-19(2)9-11;1-17-10-3-4-14-12(7-10)15(13(16)8-18-14)19-11-5-6-20(2)9-11;1-3-5-7-9-11-10-8-6-4-2;1-12-6-2-3-8-7(4-6)10(11)9(5-13-8)14(15)16;1-6-9(7(2)3)8(4)5;1-7-3-2-5(6)4-7;;;;1-6-9(7(2)3)8(4)5/h1H,2H3;3-4,7-8,11H,5-6,9H2,2H3,(H,17,18);3-4,7-8,11H,5-6,9,16H2,2H3,(H,18,19);1H,2H3;2-5H;7-8H,6H2,1-5H3;5H,2-4,6H2,1H3;1H;;1H3;6H,1-5H2/t;2*11-;;;;5-;;;;/m.11...1..../s1. The molecule has 33 heteroatoms. The Balaban J connectivity index is 0. The molecule has 0 amide bonds. The number of halogens is 2. The molecular formula is C95H90Cl2FeN17O4P9. The van der Waals surface area contributed by atoms with E-state index in [1.165, 1.54) is 25.2 Å². The van der Waals surface area contributed by atoms with Gasteiger partial charge in [0.25, 0.3) is 0 Å². The molecule has 9 rings (SSSR count). The number of hydrogen-bond acceptors (Lipinski definition) is 16. The first-order chi connectivity index (χ1) is 60.2. The minimum absolute atomic E-state index is 0. The first-order valence-electron chi connectivity index (χ1n) is 37.0. The van der Waals surface area contributed by atoms with Crippen molar-refractivity contribution in [2.24, 2.45) is 5.73 Å². The number of pyridine rings is 3. The van der Waals surface area contributed by atoms with Gasteiger partial charge in [-0.05, 0) is 308 Å². The molecule has 3 aliphatic rings. The second-order valence-electron chi connectivity index (χ2n) is 25.3. The quantitative estimate of drug-likeness (QED) is 0.0190. The van der Waals surface area contributed by atoms with Gasteiger partial charge in [0.2, 0.25) is 0 Å². The zero-order valence-corrected chi connectivity index (χ0v) is 83.9. The van der Waals surface area contributed by atoms with Crippen LogP contribution in [0.25, 0.3) is 47.2 Å². The zero-order chi connectivity index (χ0) is 92.5. The number of anilines is 3. The van der Waals surface area contributed by atoms with Crippen molar-refractivity contribution in [3.05, 3.63) is 133 Å². The number of nitrogen functional groups attached to an aromatic ring is 1. The van der Waals surface area contributed by atoms with Crippen molar-refractivity contribution < 1.29 is 26.9 Å². The molecule has 0 spiro atoms. The van der Waals surface area contributed by atoms with Gasteiger partial charge in [-0.2, -0.15) is 0 Å². The van der Waals surface area contributed by atoms with Crippen molar-refractivity contribution in [2.45, 2.75) is 97.9 Å². The molecule has 3 aromatic carbocycles. The van der Waals surface area contributed by atoms with Crippen LogP contribution in [0.1, 0.15) is 67.7 Å². The number of fused-ring (bicyclic) bond motifs is 3. The fourth-order valence-electron chi connectivity index (χ4n) is 10.5. The maximum Gasteiger partial charge on any atom is 0.311 e. The van der Waals surface area contributed by atoms with Gasteiger partial charge in [0.05, 0.1) is 63.7 Å². The predicted molar refractivity (Wildman–Crippen MR) is 557 cm³/mol. The maximum absolute atomic E-state index is 11.3. The summed E-state index contributed by atoms with van der Waals surface area (Å²) in [5.74, 6) is 93.8. The van der Waals surface area contributed by atoms with Crippen LogP contribution in [0.15, 0.2) is 73.2 Å². The molecule has 3 saturated heterocycles. The zero-order valence-electron chi connectivity index (χ0n) is 71.8. The van der Waals surface area contributed by atoms with E-state index in [0.29, 0.717) is 81.4 Å². The predicted octanol–water partition coefficient (Wildman–Crippen LogP) is 17.1. The number of rotatable bonds is 12. The Kier molecular flexibility index (Phi) is 67.1. The van der Waals surface area contributed by atoms with E-state index < -0.39 is 9.85 Å². The summed E-state index contributed by atoms with van der Waals surface area (Å²) in [7, 11) is 21.9. The van der Waals surface area contributed by atoms with Gasteiger partial charge in [-0.15, -0.1) is 69.9 Å². The Morgan fingerprint density at radius 2 is 0.828 bits per heavy atom. The number of nitrogens with two attached hydrogens (primary N) is 2. The van der Waals surface area contributed by atoms with Crippen LogP contribution < -0.4 is 28.3 Å². The van der Waals surface area contributed by atoms with Crippen LogP contribution >= 0.6 is 97.6 Å². The largest absolute Gasteiger partial charge is 0.396 e. The van der Waals surface area contributed by atoms with Crippen LogP contribution in [0.3, 0.4) is 0 Å². The van der Waals surface area contributed by atoms with Crippen molar-refractivity contribution in [1.82, 2.24) is 40.7 Å². The monoisotopic (exact) mass is 1940 g/mol. The van der Waals surface area contributed by atoms with Crippen molar-refractivity contribution in [2.75, 3.05) is 83.3 Å². The molecule has 3 aromatic heterocycles. The summed E-state index contributed by atoms with van der Waals surface area (Å²) in [4.78, 5) is 52.6. The molecule has 6 heterocycles. The smallest absolute Gasteiger partial charge is 0.311 e. The molecule has 21 nitrogen and oxygen atoms in total.